The minimum absolute atomic E-state index is 0.00666. The minimum atomic E-state index is -1.21. The molecule has 10 heteroatoms. The third-order valence-corrected chi connectivity index (χ3v) is 8.69. The highest BCUT2D eigenvalue weighted by Gasteiger charge is 2.42. The number of aliphatic hydroxyl groups is 2. The average molecular weight is 584 g/mol. The van der Waals surface area contributed by atoms with Gasteiger partial charge in [0, 0.05) is 38.4 Å². The smallest absolute Gasteiger partial charge is 0.312 e. The first-order valence-electron chi connectivity index (χ1n) is 15.0. The lowest BCUT2D eigenvalue weighted by atomic mass is 9.74. The van der Waals surface area contributed by atoms with E-state index in [-0.39, 0.29) is 24.9 Å². The second-order valence-corrected chi connectivity index (χ2v) is 11.5. The maximum atomic E-state index is 13.4. The van der Waals surface area contributed by atoms with Crippen molar-refractivity contribution in [2.45, 2.75) is 70.1 Å². The molecule has 4 rings (SSSR count). The van der Waals surface area contributed by atoms with E-state index in [1.807, 2.05) is 30.3 Å². The van der Waals surface area contributed by atoms with Crippen molar-refractivity contribution in [3.05, 3.63) is 53.9 Å². The number of rotatable bonds is 7. The van der Waals surface area contributed by atoms with E-state index in [4.69, 9.17) is 14.2 Å². The predicted octanol–water partition coefficient (Wildman–Crippen LogP) is 2.98. The highest BCUT2D eigenvalue weighted by molar-refractivity contribution is 5.77. The number of amides is 1. The van der Waals surface area contributed by atoms with Crippen LogP contribution in [-0.4, -0.2) is 96.1 Å². The molecule has 2 aromatic rings. The molecule has 2 aliphatic rings. The Morgan fingerprint density at radius 2 is 1.69 bits per heavy atom. The van der Waals surface area contributed by atoms with Crippen molar-refractivity contribution >= 4 is 11.9 Å². The molecule has 10 nitrogen and oxygen atoms in total. The van der Waals surface area contributed by atoms with Crippen LogP contribution < -0.4 is 9.47 Å². The quantitative estimate of drug-likeness (QED) is 0.474. The van der Waals surface area contributed by atoms with Crippen LogP contribution in [0, 0.1) is 5.41 Å². The van der Waals surface area contributed by atoms with Crippen molar-refractivity contribution in [1.29, 1.82) is 0 Å². The summed E-state index contributed by atoms with van der Waals surface area (Å²) in [5.41, 5.74) is 1.53. The van der Waals surface area contributed by atoms with Gasteiger partial charge in [0.25, 0.3) is 0 Å². The van der Waals surface area contributed by atoms with Crippen LogP contribution in [-0.2, 0) is 27.3 Å². The molecule has 2 atom stereocenters. The number of aliphatic hydroxyl groups excluding tert-OH is 2. The van der Waals surface area contributed by atoms with Crippen molar-refractivity contribution in [3.63, 3.8) is 0 Å². The Balaban J connectivity index is 1.37. The molecule has 1 aromatic heterocycles. The maximum absolute atomic E-state index is 13.4. The number of carbonyl (C=O) groups is 2. The van der Waals surface area contributed by atoms with Gasteiger partial charge in [-0.25, -0.2) is 0 Å². The summed E-state index contributed by atoms with van der Waals surface area (Å²) in [6.07, 6.45) is 5.87. The van der Waals surface area contributed by atoms with Crippen molar-refractivity contribution in [2.24, 2.45) is 5.41 Å². The molecule has 230 valence electrons. The van der Waals surface area contributed by atoms with Crippen LogP contribution in [0.5, 0.6) is 11.5 Å². The topological polar surface area (TPSA) is 122 Å². The standard InChI is InChI=1S/C32H45N3O7/c1-40-28-7-5-24(21-29(28)41-2)6-8-30(38)35-17-4-3-12-32(31(39)42-23-27(37)26(36)11-18-35)13-19-34(20-14-32)22-25-9-15-33-16-10-25/h5,7,9-10,15-16,21,26-27,36-37H,3-4,6,8,11-14,17-20,22-23H2,1-2H3/t26-,27+/m0/s1. The number of hydrogen-bond donors (Lipinski definition) is 2. The fourth-order valence-electron chi connectivity index (χ4n) is 5.92. The van der Waals surface area contributed by atoms with E-state index in [0.717, 1.165) is 38.0 Å². The van der Waals surface area contributed by atoms with Gasteiger partial charge in [-0.1, -0.05) is 12.5 Å². The Labute approximate surface area is 248 Å². The number of aromatic nitrogens is 1. The van der Waals surface area contributed by atoms with Crippen molar-refractivity contribution < 1.29 is 34.0 Å². The van der Waals surface area contributed by atoms with Gasteiger partial charge in [0.15, 0.2) is 11.5 Å². The summed E-state index contributed by atoms with van der Waals surface area (Å²) in [4.78, 5) is 34.9. The number of hydrogen-bond acceptors (Lipinski definition) is 9. The lowest BCUT2D eigenvalue weighted by molar-refractivity contribution is -0.165. The van der Waals surface area contributed by atoms with Crippen LogP contribution in [0.15, 0.2) is 42.7 Å². The van der Waals surface area contributed by atoms with Gasteiger partial charge in [-0.2, -0.15) is 0 Å². The molecule has 2 aliphatic heterocycles. The van der Waals surface area contributed by atoms with Gasteiger partial charge in [-0.3, -0.25) is 19.5 Å². The Morgan fingerprint density at radius 3 is 2.40 bits per heavy atom. The van der Waals surface area contributed by atoms with Gasteiger partial charge in [0.2, 0.25) is 5.91 Å². The third-order valence-electron chi connectivity index (χ3n) is 8.69. The number of piperidine rings is 1. The van der Waals surface area contributed by atoms with E-state index in [1.54, 1.807) is 31.5 Å². The zero-order valence-electron chi connectivity index (χ0n) is 24.9. The van der Waals surface area contributed by atoms with Crippen molar-refractivity contribution in [2.75, 3.05) is 47.0 Å². The highest BCUT2D eigenvalue weighted by Crippen LogP contribution is 2.39. The summed E-state index contributed by atoms with van der Waals surface area (Å²) >= 11 is 0. The number of esters is 1. The number of carbonyl (C=O) groups excluding carboxylic acids is 2. The summed E-state index contributed by atoms with van der Waals surface area (Å²) in [7, 11) is 3.17. The number of aryl methyl sites for hydroxylation is 1. The number of pyridine rings is 1. The van der Waals surface area contributed by atoms with Crippen LogP contribution in [0.2, 0.25) is 0 Å². The Morgan fingerprint density at radius 1 is 0.952 bits per heavy atom. The summed E-state index contributed by atoms with van der Waals surface area (Å²) in [6, 6.07) is 9.65. The molecule has 1 aromatic carbocycles. The van der Waals surface area contributed by atoms with E-state index in [0.29, 0.717) is 56.7 Å². The van der Waals surface area contributed by atoms with Gasteiger partial charge in [-0.15, -0.1) is 0 Å². The lowest BCUT2D eigenvalue weighted by Gasteiger charge is -2.40. The van der Waals surface area contributed by atoms with Gasteiger partial charge < -0.3 is 29.3 Å². The molecule has 0 unspecified atom stereocenters. The number of methoxy groups -OCH3 is 2. The maximum Gasteiger partial charge on any atom is 0.312 e. The number of nitrogens with zero attached hydrogens (tertiary/aromatic N) is 3. The highest BCUT2D eigenvalue weighted by atomic mass is 16.5. The fraction of sp³-hybridized carbons (Fsp3) is 0.594. The minimum Gasteiger partial charge on any atom is -0.493 e. The van der Waals surface area contributed by atoms with E-state index in [9.17, 15) is 19.8 Å². The Kier molecular flexibility index (Phi) is 11.6. The SMILES string of the molecule is COc1ccc(CCC(=O)N2CCCCC3(CCN(Cc4ccncc4)CC3)C(=O)OC[C@@H](O)[C@@H](O)CC2)cc1OC. The fourth-order valence-corrected chi connectivity index (χ4v) is 5.92. The zero-order chi connectivity index (χ0) is 30.0. The first-order chi connectivity index (χ1) is 20.3. The Bertz CT molecular complexity index is 1150. The first kappa shape index (κ1) is 31.7. The summed E-state index contributed by atoms with van der Waals surface area (Å²) in [6.45, 7) is 2.94. The summed E-state index contributed by atoms with van der Waals surface area (Å²) in [5, 5.41) is 21.1. The van der Waals surface area contributed by atoms with Gasteiger partial charge in [0.05, 0.1) is 25.7 Å². The Hall–Kier alpha value is -3.21. The molecular formula is C32H45N3O7. The second-order valence-electron chi connectivity index (χ2n) is 11.5. The average Bonchev–Trinajstić information content (AvgIpc) is 3.03. The van der Waals surface area contributed by atoms with Gasteiger partial charge >= 0.3 is 5.97 Å². The lowest BCUT2D eigenvalue weighted by Crippen LogP contribution is -2.45. The molecule has 0 aliphatic carbocycles. The number of cyclic esters (lactones) is 1. The molecule has 1 spiro atoms. The zero-order valence-corrected chi connectivity index (χ0v) is 24.9. The number of benzene rings is 1. The monoisotopic (exact) mass is 583 g/mol. The molecule has 2 fully saturated rings. The van der Waals surface area contributed by atoms with Crippen molar-refractivity contribution in [3.8, 4) is 11.5 Å². The van der Waals surface area contributed by atoms with Crippen LogP contribution in [0.4, 0.5) is 0 Å². The predicted molar refractivity (Wildman–Crippen MR) is 157 cm³/mol. The van der Waals surface area contributed by atoms with Crippen molar-refractivity contribution in [1.82, 2.24) is 14.8 Å². The molecule has 42 heavy (non-hydrogen) atoms. The first-order valence-corrected chi connectivity index (χ1v) is 15.0. The van der Waals surface area contributed by atoms with Crippen LogP contribution in [0.1, 0.15) is 56.1 Å². The molecule has 0 bridgehead atoms. The van der Waals surface area contributed by atoms with E-state index in [2.05, 4.69) is 9.88 Å². The van der Waals surface area contributed by atoms with Crippen LogP contribution >= 0.6 is 0 Å². The third kappa shape index (κ3) is 8.42. The van der Waals surface area contributed by atoms with Crippen LogP contribution in [0.3, 0.4) is 0 Å². The van der Waals surface area contributed by atoms with Gasteiger partial charge in [0.1, 0.15) is 12.7 Å². The molecule has 3 heterocycles. The molecule has 0 saturated carbocycles. The molecule has 2 saturated heterocycles. The normalized spacial score (nSPS) is 22.4. The summed E-state index contributed by atoms with van der Waals surface area (Å²) in [5.74, 6) is 0.960. The van der Waals surface area contributed by atoms with E-state index < -0.39 is 17.6 Å². The summed E-state index contributed by atoms with van der Waals surface area (Å²) < 4.78 is 16.3. The number of likely N-dealkylation sites (tertiary alicyclic amines) is 1. The molecule has 0 radical (unpaired) electrons. The molecule has 1 amide bonds. The largest absolute Gasteiger partial charge is 0.493 e. The van der Waals surface area contributed by atoms with Gasteiger partial charge in [-0.05, 0) is 87.0 Å². The second kappa shape index (κ2) is 15.3. The van der Waals surface area contributed by atoms with E-state index in [1.165, 1.54) is 5.56 Å². The van der Waals surface area contributed by atoms with Crippen LogP contribution in [0.25, 0.3) is 0 Å². The van der Waals surface area contributed by atoms with E-state index >= 15 is 0 Å². The number of ether oxygens (including phenoxy) is 3. The molecule has 2 N–H and O–H groups in total. The molecular weight excluding hydrogens is 538 g/mol.